The number of rotatable bonds is 5. The molecule has 2 heterocycles. The summed E-state index contributed by atoms with van der Waals surface area (Å²) in [6.45, 7) is 1.96. The summed E-state index contributed by atoms with van der Waals surface area (Å²) >= 11 is 3.06. The molecule has 0 fully saturated rings. The number of aromatic carboxylic acids is 1. The number of thiophene rings is 1. The zero-order valence-electron chi connectivity index (χ0n) is 9.30. The monoisotopic (exact) mass is 268 g/mol. The van der Waals surface area contributed by atoms with Gasteiger partial charge in [-0.25, -0.2) is 4.79 Å². The highest BCUT2D eigenvalue weighted by atomic mass is 32.2. The van der Waals surface area contributed by atoms with Gasteiger partial charge in [0.05, 0.1) is 12.0 Å². The second-order valence-electron chi connectivity index (χ2n) is 3.57. The lowest BCUT2D eigenvalue weighted by molar-refractivity contribution is 0.0702. The van der Waals surface area contributed by atoms with E-state index in [0.717, 1.165) is 27.7 Å². The highest BCUT2D eigenvalue weighted by Crippen LogP contribution is 2.26. The maximum absolute atomic E-state index is 10.8. The van der Waals surface area contributed by atoms with Gasteiger partial charge in [0, 0.05) is 10.6 Å². The molecule has 0 aliphatic rings. The van der Waals surface area contributed by atoms with Crippen LogP contribution in [0.2, 0.25) is 0 Å². The molecule has 0 atom stereocenters. The van der Waals surface area contributed by atoms with Crippen LogP contribution < -0.4 is 0 Å². The average molecular weight is 268 g/mol. The lowest BCUT2D eigenvalue weighted by Gasteiger charge is -1.98. The summed E-state index contributed by atoms with van der Waals surface area (Å²) in [4.78, 5) is 12.3. The molecule has 2 rings (SSSR count). The number of thioether (sulfide) groups is 1. The molecule has 2 aromatic heterocycles. The number of aryl methyl sites for hydroxylation is 1. The van der Waals surface area contributed by atoms with Crippen molar-refractivity contribution in [2.75, 3.05) is 0 Å². The van der Waals surface area contributed by atoms with Gasteiger partial charge in [-0.3, -0.25) is 0 Å². The Bertz CT molecular complexity index is 500. The Balaban J connectivity index is 1.92. The van der Waals surface area contributed by atoms with Crippen molar-refractivity contribution in [3.05, 3.63) is 45.5 Å². The summed E-state index contributed by atoms with van der Waals surface area (Å²) in [6.07, 6.45) is 1.66. The Hall–Kier alpha value is -1.20. The fraction of sp³-hybridized carbons (Fsp3) is 0.250. The number of carboxylic acid groups (broad SMARTS) is 1. The largest absolute Gasteiger partial charge is 0.477 e. The fourth-order valence-corrected chi connectivity index (χ4v) is 3.38. The van der Waals surface area contributed by atoms with Crippen molar-refractivity contribution in [3.8, 4) is 0 Å². The standard InChI is InChI=1S/C12H12O3S2/c1-8-9(5-11(17-8)12(13)14)6-16-7-10-3-2-4-15-10/h2-5H,6-7H2,1H3,(H,13,14). The lowest BCUT2D eigenvalue weighted by Crippen LogP contribution is -1.90. The number of hydrogen-bond donors (Lipinski definition) is 1. The molecule has 0 aromatic carbocycles. The van der Waals surface area contributed by atoms with Gasteiger partial charge in [-0.05, 0) is 30.7 Å². The zero-order valence-corrected chi connectivity index (χ0v) is 10.9. The van der Waals surface area contributed by atoms with E-state index >= 15 is 0 Å². The van der Waals surface area contributed by atoms with Crippen molar-refractivity contribution >= 4 is 29.1 Å². The molecule has 0 spiro atoms. The zero-order chi connectivity index (χ0) is 12.3. The first-order chi connectivity index (χ1) is 8.16. The Kier molecular flexibility index (Phi) is 3.91. The molecule has 0 amide bonds. The van der Waals surface area contributed by atoms with Gasteiger partial charge in [-0.2, -0.15) is 0 Å². The first-order valence-corrected chi connectivity index (χ1v) is 7.06. The second-order valence-corrected chi connectivity index (χ2v) is 5.81. The van der Waals surface area contributed by atoms with Crippen molar-refractivity contribution in [3.63, 3.8) is 0 Å². The molecular formula is C12H12O3S2. The third kappa shape index (κ3) is 3.14. The lowest BCUT2D eigenvalue weighted by atomic mass is 10.3. The molecule has 0 aliphatic heterocycles. The Morgan fingerprint density at radius 3 is 2.94 bits per heavy atom. The third-order valence-electron chi connectivity index (χ3n) is 2.31. The molecule has 0 aliphatic carbocycles. The topological polar surface area (TPSA) is 50.4 Å². The van der Waals surface area contributed by atoms with Crippen LogP contribution in [0.15, 0.2) is 28.9 Å². The summed E-state index contributed by atoms with van der Waals surface area (Å²) in [6, 6.07) is 5.57. The van der Waals surface area contributed by atoms with Gasteiger partial charge in [0.1, 0.15) is 10.6 Å². The highest BCUT2D eigenvalue weighted by molar-refractivity contribution is 7.97. The van der Waals surface area contributed by atoms with Crippen molar-refractivity contribution in [2.24, 2.45) is 0 Å². The molecule has 2 aromatic rings. The van der Waals surface area contributed by atoms with Gasteiger partial charge >= 0.3 is 5.97 Å². The van der Waals surface area contributed by atoms with Crippen LogP contribution in [-0.4, -0.2) is 11.1 Å². The van der Waals surface area contributed by atoms with E-state index in [-0.39, 0.29) is 0 Å². The number of carbonyl (C=O) groups is 1. The summed E-state index contributed by atoms with van der Waals surface area (Å²) in [5.74, 6) is 1.72. The van der Waals surface area contributed by atoms with Gasteiger partial charge < -0.3 is 9.52 Å². The van der Waals surface area contributed by atoms with Crippen LogP contribution in [0.4, 0.5) is 0 Å². The van der Waals surface area contributed by atoms with E-state index in [0.29, 0.717) is 4.88 Å². The van der Waals surface area contributed by atoms with Crippen LogP contribution in [0, 0.1) is 6.92 Å². The Morgan fingerprint density at radius 1 is 1.53 bits per heavy atom. The van der Waals surface area contributed by atoms with E-state index in [9.17, 15) is 4.79 Å². The first-order valence-electron chi connectivity index (χ1n) is 5.09. The van der Waals surface area contributed by atoms with E-state index in [1.807, 2.05) is 19.1 Å². The number of hydrogen-bond acceptors (Lipinski definition) is 4. The molecule has 0 radical (unpaired) electrons. The third-order valence-corrected chi connectivity index (χ3v) is 4.40. The Labute approximate surface area is 107 Å². The predicted octanol–water partition coefficient (Wildman–Crippen LogP) is 3.78. The minimum atomic E-state index is -0.847. The van der Waals surface area contributed by atoms with Crippen LogP contribution in [0.1, 0.15) is 25.9 Å². The maximum atomic E-state index is 10.8. The van der Waals surface area contributed by atoms with E-state index in [4.69, 9.17) is 9.52 Å². The van der Waals surface area contributed by atoms with Crippen LogP contribution >= 0.6 is 23.1 Å². The van der Waals surface area contributed by atoms with Crippen LogP contribution in [0.3, 0.4) is 0 Å². The summed E-state index contributed by atoms with van der Waals surface area (Å²) < 4.78 is 5.23. The molecule has 0 saturated heterocycles. The normalized spacial score (nSPS) is 10.6. The van der Waals surface area contributed by atoms with Gasteiger partial charge in [0.25, 0.3) is 0 Å². The predicted molar refractivity (Wildman–Crippen MR) is 69.7 cm³/mol. The SMILES string of the molecule is Cc1sc(C(=O)O)cc1CSCc1ccco1. The summed E-state index contributed by atoms with van der Waals surface area (Å²) in [5.41, 5.74) is 1.10. The summed E-state index contributed by atoms with van der Waals surface area (Å²) in [5, 5.41) is 8.89. The summed E-state index contributed by atoms with van der Waals surface area (Å²) in [7, 11) is 0. The van der Waals surface area contributed by atoms with E-state index < -0.39 is 5.97 Å². The molecule has 0 saturated carbocycles. The Morgan fingerprint density at radius 2 is 2.35 bits per heavy atom. The van der Waals surface area contributed by atoms with Gasteiger partial charge in [0.15, 0.2) is 0 Å². The van der Waals surface area contributed by atoms with Gasteiger partial charge in [0.2, 0.25) is 0 Å². The molecule has 0 bridgehead atoms. The number of furan rings is 1. The minimum absolute atomic E-state index is 0.413. The average Bonchev–Trinajstić information content (AvgIpc) is 2.89. The molecular weight excluding hydrogens is 256 g/mol. The maximum Gasteiger partial charge on any atom is 0.345 e. The van der Waals surface area contributed by atoms with Crippen molar-refractivity contribution in [2.45, 2.75) is 18.4 Å². The second kappa shape index (κ2) is 5.42. The molecule has 17 heavy (non-hydrogen) atoms. The van der Waals surface area contributed by atoms with Crippen molar-refractivity contribution in [1.82, 2.24) is 0 Å². The van der Waals surface area contributed by atoms with Crippen molar-refractivity contribution < 1.29 is 14.3 Å². The van der Waals surface area contributed by atoms with Crippen LogP contribution in [0.5, 0.6) is 0 Å². The van der Waals surface area contributed by atoms with E-state index in [2.05, 4.69) is 0 Å². The van der Waals surface area contributed by atoms with Crippen LogP contribution in [0.25, 0.3) is 0 Å². The fourth-order valence-electron chi connectivity index (χ4n) is 1.42. The van der Waals surface area contributed by atoms with Crippen LogP contribution in [-0.2, 0) is 11.5 Å². The molecule has 1 N–H and O–H groups in total. The van der Waals surface area contributed by atoms with Crippen molar-refractivity contribution in [1.29, 1.82) is 0 Å². The van der Waals surface area contributed by atoms with Gasteiger partial charge in [-0.15, -0.1) is 23.1 Å². The molecule has 90 valence electrons. The molecule has 0 unspecified atom stereocenters. The number of carboxylic acids is 1. The molecule has 3 nitrogen and oxygen atoms in total. The highest BCUT2D eigenvalue weighted by Gasteiger charge is 2.10. The smallest absolute Gasteiger partial charge is 0.345 e. The molecule has 5 heteroatoms. The van der Waals surface area contributed by atoms with Gasteiger partial charge in [-0.1, -0.05) is 0 Å². The quantitative estimate of drug-likeness (QED) is 0.896. The first kappa shape index (κ1) is 12.3. The van der Waals surface area contributed by atoms with E-state index in [1.54, 1.807) is 24.1 Å². The van der Waals surface area contributed by atoms with E-state index in [1.165, 1.54) is 11.3 Å². The minimum Gasteiger partial charge on any atom is -0.477 e.